The van der Waals surface area contributed by atoms with Gasteiger partial charge in [0.15, 0.2) is 9.84 Å². The summed E-state index contributed by atoms with van der Waals surface area (Å²) >= 11 is 1.85. The Balaban J connectivity index is 2.91. The molecule has 7 heteroatoms. The molecule has 0 unspecified atom stereocenters. The lowest BCUT2D eigenvalue weighted by Gasteiger charge is -2.24. The van der Waals surface area contributed by atoms with Crippen LogP contribution in [0.4, 0.5) is 15.8 Å². The van der Waals surface area contributed by atoms with E-state index in [2.05, 4.69) is 5.32 Å². The Labute approximate surface area is 120 Å². The zero-order valence-corrected chi connectivity index (χ0v) is 13.4. The topological polar surface area (TPSA) is 72.2 Å². The van der Waals surface area contributed by atoms with E-state index in [0.29, 0.717) is 14.9 Å². The molecule has 0 aromatic heterocycles. The Morgan fingerprint density at radius 1 is 1.44 bits per heavy atom. The molecule has 0 saturated carbocycles. The Kier molecular flexibility index (Phi) is 4.47. The number of hydrogen-bond donors (Lipinski definition) is 2. The first-order valence-corrected chi connectivity index (χ1v) is 8.19. The lowest BCUT2D eigenvalue weighted by molar-refractivity contribution is 0.560. The molecule has 0 saturated heterocycles. The molecule has 0 heterocycles. The van der Waals surface area contributed by atoms with Gasteiger partial charge in [0, 0.05) is 18.9 Å². The van der Waals surface area contributed by atoms with E-state index in [9.17, 15) is 12.8 Å². The molecule has 3 N–H and O–H groups in total. The van der Waals surface area contributed by atoms with Crippen LogP contribution in [0.3, 0.4) is 0 Å². The van der Waals surface area contributed by atoms with E-state index < -0.39 is 14.6 Å². The van der Waals surface area contributed by atoms with Gasteiger partial charge < -0.3 is 11.1 Å². The van der Waals surface area contributed by atoms with Gasteiger partial charge in [0.1, 0.15) is 5.82 Å². The van der Waals surface area contributed by atoms with Crippen LogP contribution in [0.2, 0.25) is 0 Å². The fourth-order valence-corrected chi connectivity index (χ4v) is 1.98. The highest BCUT2D eigenvalue weighted by Gasteiger charge is 2.30. The molecule has 0 spiro atoms. The number of anilines is 2. The zero-order chi connectivity index (χ0) is 14.1. The van der Waals surface area contributed by atoms with Crippen LogP contribution in [0.5, 0.6) is 0 Å². The van der Waals surface area contributed by atoms with Crippen LogP contribution in [-0.2, 0) is 9.84 Å². The first kappa shape index (κ1) is 15.5. The molecule has 1 rings (SSSR count). The summed E-state index contributed by atoms with van der Waals surface area (Å²) in [6.07, 6.45) is 1.17. The Morgan fingerprint density at radius 2 is 2.00 bits per heavy atom. The van der Waals surface area contributed by atoms with E-state index in [4.69, 9.17) is 5.73 Å². The Morgan fingerprint density at radius 3 is 2.50 bits per heavy atom. The first-order chi connectivity index (χ1) is 8.04. The lowest BCUT2D eigenvalue weighted by Crippen LogP contribution is -2.38. The summed E-state index contributed by atoms with van der Waals surface area (Å²) in [6, 6.07) is 2.78. The van der Waals surface area contributed by atoms with E-state index in [0.717, 1.165) is 0 Å². The minimum atomic E-state index is -3.20. The standard InChI is InChI=1S/C11H16FIN2O2S/c1-11(2,18(3,16)17)6-15-10-4-7(12)8(13)5-9(10)14/h4-5,15H,6,14H2,1-3H3. The van der Waals surface area contributed by atoms with Gasteiger partial charge in [0.25, 0.3) is 0 Å². The lowest BCUT2D eigenvalue weighted by atomic mass is 10.2. The molecule has 0 fully saturated rings. The maximum absolute atomic E-state index is 13.4. The maximum atomic E-state index is 13.4. The van der Waals surface area contributed by atoms with E-state index >= 15 is 0 Å². The second kappa shape index (κ2) is 5.20. The smallest absolute Gasteiger partial charge is 0.154 e. The summed E-state index contributed by atoms with van der Waals surface area (Å²) in [5.41, 5.74) is 6.55. The number of sulfone groups is 1. The van der Waals surface area contributed by atoms with Crippen LogP contribution in [0, 0.1) is 9.39 Å². The molecule has 0 radical (unpaired) electrons. The van der Waals surface area contributed by atoms with Crippen molar-refractivity contribution in [2.75, 3.05) is 23.9 Å². The number of nitrogens with two attached hydrogens (primary N) is 1. The number of rotatable bonds is 4. The molecule has 0 aliphatic heterocycles. The van der Waals surface area contributed by atoms with Gasteiger partial charge in [0.05, 0.1) is 19.7 Å². The van der Waals surface area contributed by atoms with Crippen LogP contribution in [0.15, 0.2) is 12.1 Å². The third-order valence-corrected chi connectivity index (χ3v) is 5.78. The van der Waals surface area contributed by atoms with Gasteiger partial charge in [-0.2, -0.15) is 0 Å². The van der Waals surface area contributed by atoms with Crippen molar-refractivity contribution in [3.05, 3.63) is 21.5 Å². The second-order valence-electron chi connectivity index (χ2n) is 4.74. The number of nitrogen functional groups attached to an aromatic ring is 1. The molecule has 102 valence electrons. The van der Waals surface area contributed by atoms with Gasteiger partial charge in [-0.15, -0.1) is 0 Å². The van der Waals surface area contributed by atoms with Crippen molar-refractivity contribution in [3.8, 4) is 0 Å². The predicted molar refractivity (Wildman–Crippen MR) is 80.9 cm³/mol. The Hall–Kier alpha value is -0.570. The highest BCUT2D eigenvalue weighted by Crippen LogP contribution is 2.25. The average molecular weight is 386 g/mol. The average Bonchev–Trinajstić information content (AvgIpc) is 2.20. The highest BCUT2D eigenvalue weighted by atomic mass is 127. The third-order valence-electron chi connectivity index (χ3n) is 2.80. The van der Waals surface area contributed by atoms with Crippen molar-refractivity contribution in [3.63, 3.8) is 0 Å². The Bertz CT molecular complexity index is 558. The van der Waals surface area contributed by atoms with Crippen molar-refractivity contribution in [2.45, 2.75) is 18.6 Å². The summed E-state index contributed by atoms with van der Waals surface area (Å²) < 4.78 is 35.9. The van der Waals surface area contributed by atoms with E-state index in [1.165, 1.54) is 18.4 Å². The summed E-state index contributed by atoms with van der Waals surface area (Å²) in [5.74, 6) is -0.385. The van der Waals surface area contributed by atoms with Gasteiger partial charge >= 0.3 is 0 Å². The summed E-state index contributed by atoms with van der Waals surface area (Å²) in [7, 11) is -3.20. The number of halogens is 2. The molecule has 0 aliphatic rings. The van der Waals surface area contributed by atoms with Gasteiger partial charge in [-0.1, -0.05) is 0 Å². The summed E-state index contributed by atoms with van der Waals surface area (Å²) in [4.78, 5) is 0. The molecule has 4 nitrogen and oxygen atoms in total. The van der Waals surface area contributed by atoms with Crippen molar-refractivity contribution >= 4 is 43.8 Å². The van der Waals surface area contributed by atoms with Crippen molar-refractivity contribution < 1.29 is 12.8 Å². The van der Waals surface area contributed by atoms with Gasteiger partial charge in [-0.3, -0.25) is 0 Å². The van der Waals surface area contributed by atoms with E-state index in [1.807, 2.05) is 22.6 Å². The van der Waals surface area contributed by atoms with Crippen LogP contribution in [-0.4, -0.2) is 26.0 Å². The number of hydrogen-bond acceptors (Lipinski definition) is 4. The molecule has 1 aromatic carbocycles. The quantitative estimate of drug-likeness (QED) is 0.615. The molecule has 0 bridgehead atoms. The third kappa shape index (κ3) is 3.47. The molecular weight excluding hydrogens is 370 g/mol. The van der Waals surface area contributed by atoms with Crippen molar-refractivity contribution in [1.29, 1.82) is 0 Å². The second-order valence-corrected chi connectivity index (χ2v) is 8.55. The van der Waals surface area contributed by atoms with Crippen LogP contribution >= 0.6 is 22.6 Å². The molecule has 18 heavy (non-hydrogen) atoms. The minimum absolute atomic E-state index is 0.163. The van der Waals surface area contributed by atoms with Crippen molar-refractivity contribution in [1.82, 2.24) is 0 Å². The van der Waals surface area contributed by atoms with Crippen LogP contribution in [0.25, 0.3) is 0 Å². The number of nitrogens with one attached hydrogen (secondary N) is 1. The SMILES string of the molecule is CC(C)(CNc1cc(F)c(I)cc1N)S(C)(=O)=O. The van der Waals surface area contributed by atoms with Gasteiger partial charge in [-0.05, 0) is 42.5 Å². The number of benzene rings is 1. The summed E-state index contributed by atoms with van der Waals surface area (Å²) in [6.45, 7) is 3.37. The van der Waals surface area contributed by atoms with Crippen LogP contribution < -0.4 is 11.1 Å². The zero-order valence-electron chi connectivity index (χ0n) is 10.4. The highest BCUT2D eigenvalue weighted by molar-refractivity contribution is 14.1. The normalized spacial score (nSPS) is 12.5. The largest absolute Gasteiger partial charge is 0.397 e. The predicted octanol–water partition coefficient (Wildman–Crippen LogP) is 2.25. The van der Waals surface area contributed by atoms with Crippen molar-refractivity contribution in [2.24, 2.45) is 0 Å². The first-order valence-electron chi connectivity index (χ1n) is 5.22. The maximum Gasteiger partial charge on any atom is 0.154 e. The minimum Gasteiger partial charge on any atom is -0.397 e. The monoisotopic (exact) mass is 386 g/mol. The van der Waals surface area contributed by atoms with Crippen LogP contribution in [0.1, 0.15) is 13.8 Å². The molecule has 1 aromatic rings. The van der Waals surface area contributed by atoms with Gasteiger partial charge in [0.2, 0.25) is 0 Å². The van der Waals surface area contributed by atoms with E-state index in [1.54, 1.807) is 13.8 Å². The molecule has 0 amide bonds. The summed E-state index contributed by atoms with van der Waals surface area (Å²) in [5, 5.41) is 2.88. The fraction of sp³-hybridized carbons (Fsp3) is 0.455. The molecule has 0 aliphatic carbocycles. The van der Waals surface area contributed by atoms with Gasteiger partial charge in [-0.25, -0.2) is 12.8 Å². The fourth-order valence-electron chi connectivity index (χ4n) is 1.15. The molecular formula is C11H16FIN2O2S. The molecule has 0 atom stereocenters. The van der Waals surface area contributed by atoms with E-state index in [-0.39, 0.29) is 12.4 Å².